The molecule has 0 unspecified atom stereocenters. The third kappa shape index (κ3) is 8.10. The molecular formula is C15H26ClSn. The Bertz CT molecular complexity index is 253. The van der Waals surface area contributed by atoms with Crippen molar-refractivity contribution < 1.29 is 0 Å². The Balaban J connectivity index is 0.00000256. The van der Waals surface area contributed by atoms with Gasteiger partial charge in [0, 0.05) is 0 Å². The largest absolute Gasteiger partial charge is 0.147 e. The summed E-state index contributed by atoms with van der Waals surface area (Å²) in [7, 11) is 0. The van der Waals surface area contributed by atoms with Crippen LogP contribution in [0.2, 0.25) is 8.87 Å². The van der Waals surface area contributed by atoms with Crippen LogP contribution in [-0.2, 0) is 4.44 Å². The van der Waals surface area contributed by atoms with E-state index in [4.69, 9.17) is 0 Å². The first-order chi connectivity index (χ1) is 7.86. The SMILES string of the molecule is CCC[CH2][Sn]([CH2]CCC)[CH2]c1ccccc1.Cl. The van der Waals surface area contributed by atoms with E-state index in [0.717, 1.165) is 0 Å². The van der Waals surface area contributed by atoms with E-state index in [-0.39, 0.29) is 12.4 Å². The molecule has 0 fully saturated rings. The predicted octanol–water partition coefficient (Wildman–Crippen LogP) is 5.29. The summed E-state index contributed by atoms with van der Waals surface area (Å²) in [6.45, 7) is 4.65. The number of rotatable bonds is 8. The average molecular weight is 361 g/mol. The molecule has 0 aromatic heterocycles. The van der Waals surface area contributed by atoms with Crippen LogP contribution in [0.15, 0.2) is 30.3 Å². The van der Waals surface area contributed by atoms with E-state index >= 15 is 0 Å². The fourth-order valence-corrected chi connectivity index (χ4v) is 11.0. The number of halogens is 1. The van der Waals surface area contributed by atoms with Gasteiger partial charge in [0.2, 0.25) is 0 Å². The van der Waals surface area contributed by atoms with Crippen LogP contribution in [0.1, 0.15) is 45.1 Å². The van der Waals surface area contributed by atoms with Crippen LogP contribution < -0.4 is 0 Å². The van der Waals surface area contributed by atoms with Crippen LogP contribution in [0.5, 0.6) is 0 Å². The van der Waals surface area contributed by atoms with Crippen molar-refractivity contribution in [3.05, 3.63) is 35.9 Å². The molecule has 0 bridgehead atoms. The summed E-state index contributed by atoms with van der Waals surface area (Å²) in [6.07, 6.45) is 5.71. The number of hydrogen-bond acceptors (Lipinski definition) is 0. The van der Waals surface area contributed by atoms with E-state index in [0.29, 0.717) is 0 Å². The summed E-state index contributed by atoms with van der Waals surface area (Å²) in [4.78, 5) is 0. The van der Waals surface area contributed by atoms with Gasteiger partial charge in [0.25, 0.3) is 0 Å². The zero-order chi connectivity index (χ0) is 11.6. The molecule has 1 radical (unpaired) electrons. The monoisotopic (exact) mass is 361 g/mol. The van der Waals surface area contributed by atoms with E-state index in [1.165, 1.54) is 30.1 Å². The summed E-state index contributed by atoms with van der Waals surface area (Å²) < 4.78 is 4.68. The minimum atomic E-state index is -1.08. The zero-order valence-corrected chi connectivity index (χ0v) is 14.9. The van der Waals surface area contributed by atoms with Crippen LogP contribution in [0.3, 0.4) is 0 Å². The molecule has 97 valence electrons. The predicted molar refractivity (Wildman–Crippen MR) is 82.6 cm³/mol. The Morgan fingerprint density at radius 3 is 1.88 bits per heavy atom. The zero-order valence-electron chi connectivity index (χ0n) is 11.2. The summed E-state index contributed by atoms with van der Waals surface area (Å²) in [5.41, 5.74) is 1.60. The van der Waals surface area contributed by atoms with Gasteiger partial charge in [-0.1, -0.05) is 0 Å². The van der Waals surface area contributed by atoms with Gasteiger partial charge in [0.05, 0.1) is 0 Å². The molecule has 0 N–H and O–H groups in total. The Labute approximate surface area is 120 Å². The third-order valence-corrected chi connectivity index (χ3v) is 11.7. The normalized spacial score (nSPS) is 10.3. The van der Waals surface area contributed by atoms with E-state index in [1.54, 1.807) is 14.4 Å². The second kappa shape index (κ2) is 11.4. The molecule has 1 rings (SSSR count). The summed E-state index contributed by atoms with van der Waals surface area (Å²) in [5.74, 6) is 0. The smallest absolute Gasteiger partial charge is 0.147 e. The van der Waals surface area contributed by atoms with Gasteiger partial charge in [0.15, 0.2) is 0 Å². The van der Waals surface area contributed by atoms with Crippen molar-refractivity contribution >= 4 is 32.2 Å². The molecule has 0 heterocycles. The van der Waals surface area contributed by atoms with Gasteiger partial charge in [-0.25, -0.2) is 0 Å². The molecule has 0 aliphatic carbocycles. The van der Waals surface area contributed by atoms with Crippen LogP contribution in [0.25, 0.3) is 0 Å². The Morgan fingerprint density at radius 2 is 1.41 bits per heavy atom. The third-order valence-electron chi connectivity index (χ3n) is 3.06. The van der Waals surface area contributed by atoms with E-state index in [1.807, 2.05) is 0 Å². The second-order valence-electron chi connectivity index (χ2n) is 4.62. The van der Waals surface area contributed by atoms with Crippen molar-refractivity contribution in [3.63, 3.8) is 0 Å². The summed E-state index contributed by atoms with van der Waals surface area (Å²) in [5, 5.41) is 0. The van der Waals surface area contributed by atoms with Crippen LogP contribution in [0, 0.1) is 0 Å². The van der Waals surface area contributed by atoms with Crippen LogP contribution in [0.4, 0.5) is 0 Å². The maximum Gasteiger partial charge on any atom is -0.147 e. The Hall–Kier alpha value is 0.309. The van der Waals surface area contributed by atoms with Crippen molar-refractivity contribution in [2.24, 2.45) is 0 Å². The topological polar surface area (TPSA) is 0 Å². The van der Waals surface area contributed by atoms with Crippen LogP contribution >= 0.6 is 12.4 Å². The summed E-state index contributed by atoms with van der Waals surface area (Å²) >= 11 is -1.08. The molecule has 0 saturated carbocycles. The minimum absolute atomic E-state index is 0. The molecular weight excluding hydrogens is 334 g/mol. The number of benzene rings is 1. The minimum Gasteiger partial charge on any atom is -0.147 e. The molecule has 1 aromatic rings. The molecule has 2 heteroatoms. The van der Waals surface area contributed by atoms with E-state index in [9.17, 15) is 0 Å². The number of hydrogen-bond donors (Lipinski definition) is 0. The average Bonchev–Trinajstić information content (AvgIpc) is 2.34. The van der Waals surface area contributed by atoms with Gasteiger partial charge < -0.3 is 0 Å². The van der Waals surface area contributed by atoms with Crippen molar-refractivity contribution in [2.45, 2.75) is 52.8 Å². The fraction of sp³-hybridized carbons (Fsp3) is 0.600. The first-order valence-corrected chi connectivity index (χ1v) is 12.8. The molecule has 1 aromatic carbocycles. The van der Waals surface area contributed by atoms with Gasteiger partial charge in [-0.15, -0.1) is 12.4 Å². The molecule has 0 nitrogen and oxygen atoms in total. The van der Waals surface area contributed by atoms with Gasteiger partial charge in [-0.05, 0) is 0 Å². The fourth-order valence-electron chi connectivity index (χ4n) is 2.04. The molecule has 0 aliphatic heterocycles. The van der Waals surface area contributed by atoms with Crippen molar-refractivity contribution in [2.75, 3.05) is 0 Å². The Kier molecular flexibility index (Phi) is 11.6. The molecule has 0 atom stereocenters. The summed E-state index contributed by atoms with van der Waals surface area (Å²) in [6, 6.07) is 11.1. The van der Waals surface area contributed by atoms with E-state index < -0.39 is 19.8 Å². The first kappa shape index (κ1) is 17.3. The first-order valence-electron chi connectivity index (χ1n) is 6.74. The van der Waals surface area contributed by atoms with Gasteiger partial charge in [-0.3, -0.25) is 0 Å². The standard InChI is InChI=1S/C7H7.2C4H9.ClH.Sn/c1-7-5-3-2-4-6-7;2*1-3-4-2;;/h2-6H,1H2;2*1,3-4H2,2H3;1H;. The quantitative estimate of drug-likeness (QED) is 0.553. The van der Waals surface area contributed by atoms with Gasteiger partial charge >= 0.3 is 108 Å². The molecule has 0 spiro atoms. The molecule has 0 saturated heterocycles. The van der Waals surface area contributed by atoms with Gasteiger partial charge in [0.1, 0.15) is 0 Å². The Morgan fingerprint density at radius 1 is 0.882 bits per heavy atom. The maximum absolute atomic E-state index is 2.32. The second-order valence-corrected chi connectivity index (χ2v) is 12.8. The molecule has 0 aliphatic rings. The van der Waals surface area contributed by atoms with E-state index in [2.05, 4.69) is 44.2 Å². The molecule has 17 heavy (non-hydrogen) atoms. The van der Waals surface area contributed by atoms with Crippen molar-refractivity contribution in [1.82, 2.24) is 0 Å². The van der Waals surface area contributed by atoms with Crippen LogP contribution in [-0.4, -0.2) is 19.8 Å². The van der Waals surface area contributed by atoms with Crippen molar-refractivity contribution in [3.8, 4) is 0 Å². The van der Waals surface area contributed by atoms with Crippen molar-refractivity contribution in [1.29, 1.82) is 0 Å². The maximum atomic E-state index is 2.32. The van der Waals surface area contributed by atoms with Gasteiger partial charge in [-0.2, -0.15) is 0 Å². The number of unbranched alkanes of at least 4 members (excludes halogenated alkanes) is 2. The molecule has 0 amide bonds.